The third-order valence-electron chi connectivity index (χ3n) is 5.56. The number of Topliss-reactive ketones (excluding diaryl/α,β-unsaturated/α-hetero) is 1. The molecule has 5 heteroatoms. The first-order chi connectivity index (χ1) is 12.6. The van der Waals surface area contributed by atoms with E-state index in [1.807, 2.05) is 24.3 Å². The van der Waals surface area contributed by atoms with E-state index >= 15 is 0 Å². The van der Waals surface area contributed by atoms with Gasteiger partial charge in [0.2, 0.25) is 0 Å². The van der Waals surface area contributed by atoms with Crippen LogP contribution in [0.2, 0.25) is 0 Å². The smallest absolute Gasteiger partial charge is 0.162 e. The summed E-state index contributed by atoms with van der Waals surface area (Å²) in [6.45, 7) is 2.50. The SMILES string of the molecule is O=C(CCCN1CCC2C(C1)c1ccccc1N2F)c1ccc(F)cc1. The van der Waals surface area contributed by atoms with Gasteiger partial charge in [0.05, 0.1) is 11.7 Å². The van der Waals surface area contributed by atoms with Gasteiger partial charge in [-0.05, 0) is 55.3 Å². The summed E-state index contributed by atoms with van der Waals surface area (Å²) in [5.74, 6) is -0.0954. The number of hydrogen-bond acceptors (Lipinski definition) is 3. The number of hydrogen-bond donors (Lipinski definition) is 0. The zero-order valence-electron chi connectivity index (χ0n) is 14.6. The molecule has 0 N–H and O–H groups in total. The van der Waals surface area contributed by atoms with Crippen LogP contribution in [-0.2, 0) is 0 Å². The van der Waals surface area contributed by atoms with Crippen molar-refractivity contribution < 1.29 is 13.7 Å². The highest BCUT2D eigenvalue weighted by Gasteiger charge is 2.42. The van der Waals surface area contributed by atoms with Crippen LogP contribution < -0.4 is 5.12 Å². The normalized spacial score (nSPS) is 22.2. The molecule has 2 aliphatic rings. The number of nitrogens with zero attached hydrogens (tertiary/aromatic N) is 2. The summed E-state index contributed by atoms with van der Waals surface area (Å²) in [6.07, 6.45) is 2.00. The summed E-state index contributed by atoms with van der Waals surface area (Å²) in [5.41, 5.74) is 2.35. The van der Waals surface area contributed by atoms with Gasteiger partial charge in [-0.2, -0.15) is 0 Å². The Morgan fingerprint density at radius 1 is 1.12 bits per heavy atom. The standard InChI is InChI=1S/C21H22F2N2O/c22-16-9-7-15(8-10-16)21(26)6-3-12-24-13-11-20-18(14-24)17-4-1-2-5-19(17)25(20)23/h1-2,4-5,7-10,18,20H,3,6,11-14H2. The van der Waals surface area contributed by atoms with Gasteiger partial charge in [-0.25, -0.2) is 9.51 Å². The first kappa shape index (κ1) is 17.2. The molecule has 0 bridgehead atoms. The molecule has 4 rings (SSSR count). The molecule has 2 heterocycles. The van der Waals surface area contributed by atoms with E-state index in [1.54, 1.807) is 0 Å². The second-order valence-electron chi connectivity index (χ2n) is 7.17. The summed E-state index contributed by atoms with van der Waals surface area (Å²) in [4.78, 5) is 14.5. The van der Waals surface area contributed by atoms with Gasteiger partial charge < -0.3 is 4.90 Å². The van der Waals surface area contributed by atoms with Crippen LogP contribution >= 0.6 is 0 Å². The van der Waals surface area contributed by atoms with Gasteiger partial charge >= 0.3 is 0 Å². The largest absolute Gasteiger partial charge is 0.303 e. The molecule has 3 nitrogen and oxygen atoms in total. The van der Waals surface area contributed by atoms with E-state index in [-0.39, 0.29) is 23.6 Å². The zero-order valence-corrected chi connectivity index (χ0v) is 14.6. The minimum Gasteiger partial charge on any atom is -0.303 e. The van der Waals surface area contributed by atoms with Crippen molar-refractivity contribution in [3.8, 4) is 0 Å². The zero-order chi connectivity index (χ0) is 18.1. The molecule has 2 aromatic carbocycles. The molecule has 136 valence electrons. The fourth-order valence-electron chi connectivity index (χ4n) is 4.20. The highest BCUT2D eigenvalue weighted by Crippen LogP contribution is 2.44. The number of piperidine rings is 1. The minimum atomic E-state index is -0.330. The molecule has 0 saturated carbocycles. The van der Waals surface area contributed by atoms with Crippen LogP contribution in [-0.4, -0.2) is 36.4 Å². The third-order valence-corrected chi connectivity index (χ3v) is 5.56. The van der Waals surface area contributed by atoms with Crippen molar-refractivity contribution >= 4 is 11.5 Å². The van der Waals surface area contributed by atoms with Crippen molar-refractivity contribution in [2.24, 2.45) is 0 Å². The summed E-state index contributed by atoms with van der Waals surface area (Å²) in [5, 5.41) is 0.940. The number of ketones is 1. The molecule has 26 heavy (non-hydrogen) atoms. The summed E-state index contributed by atoms with van der Waals surface area (Å²) in [6, 6.07) is 13.4. The Labute approximate surface area is 152 Å². The summed E-state index contributed by atoms with van der Waals surface area (Å²) < 4.78 is 27.4. The van der Waals surface area contributed by atoms with Crippen molar-refractivity contribution in [1.82, 2.24) is 4.90 Å². The number of halogens is 2. The van der Waals surface area contributed by atoms with Gasteiger partial charge in [0.1, 0.15) is 5.82 Å². The van der Waals surface area contributed by atoms with Gasteiger partial charge in [0.25, 0.3) is 0 Å². The lowest BCUT2D eigenvalue weighted by molar-refractivity contribution is 0.0970. The van der Waals surface area contributed by atoms with Crippen molar-refractivity contribution in [2.45, 2.75) is 31.2 Å². The highest BCUT2D eigenvalue weighted by atomic mass is 19.2. The molecule has 2 aromatic rings. The van der Waals surface area contributed by atoms with E-state index in [1.165, 1.54) is 24.3 Å². The first-order valence-corrected chi connectivity index (χ1v) is 9.18. The van der Waals surface area contributed by atoms with Crippen molar-refractivity contribution in [2.75, 3.05) is 24.8 Å². The lowest BCUT2D eigenvalue weighted by atomic mass is 9.89. The fraction of sp³-hybridized carbons (Fsp3) is 0.381. The summed E-state index contributed by atoms with van der Waals surface area (Å²) >= 11 is 0. The molecule has 2 aliphatic heterocycles. The maximum absolute atomic E-state index is 14.5. The van der Waals surface area contributed by atoms with Crippen molar-refractivity contribution in [3.05, 3.63) is 65.5 Å². The number of fused-ring (bicyclic) bond motifs is 3. The van der Waals surface area contributed by atoms with Crippen LogP contribution in [0.15, 0.2) is 48.5 Å². The molecular weight excluding hydrogens is 334 g/mol. The molecule has 0 spiro atoms. The Morgan fingerprint density at radius 3 is 2.69 bits per heavy atom. The van der Waals surface area contributed by atoms with E-state index < -0.39 is 0 Å². The van der Waals surface area contributed by atoms with Crippen LogP contribution in [0.1, 0.15) is 41.1 Å². The van der Waals surface area contributed by atoms with E-state index in [2.05, 4.69) is 4.90 Å². The number of benzene rings is 2. The Morgan fingerprint density at radius 2 is 1.88 bits per heavy atom. The molecular formula is C21H22F2N2O. The van der Waals surface area contributed by atoms with Gasteiger partial charge in [-0.3, -0.25) is 4.79 Å². The number of para-hydroxylation sites is 1. The third kappa shape index (κ3) is 3.23. The van der Waals surface area contributed by atoms with E-state index in [0.717, 1.165) is 43.2 Å². The molecule has 1 saturated heterocycles. The Balaban J connectivity index is 1.32. The second-order valence-corrected chi connectivity index (χ2v) is 7.17. The molecule has 0 amide bonds. The van der Waals surface area contributed by atoms with Crippen LogP contribution in [0, 0.1) is 5.82 Å². The maximum atomic E-state index is 14.5. The lowest BCUT2D eigenvalue weighted by Gasteiger charge is -2.36. The predicted molar refractivity (Wildman–Crippen MR) is 97.6 cm³/mol. The number of anilines is 1. The average Bonchev–Trinajstić information content (AvgIpc) is 2.95. The van der Waals surface area contributed by atoms with Crippen LogP contribution in [0.3, 0.4) is 0 Å². The van der Waals surface area contributed by atoms with Crippen LogP contribution in [0.25, 0.3) is 0 Å². The van der Waals surface area contributed by atoms with Gasteiger partial charge in [-0.15, -0.1) is 0 Å². The van der Waals surface area contributed by atoms with Gasteiger partial charge in [0.15, 0.2) is 5.78 Å². The monoisotopic (exact) mass is 356 g/mol. The molecule has 0 aromatic heterocycles. The van der Waals surface area contributed by atoms with Crippen LogP contribution in [0.5, 0.6) is 0 Å². The second kappa shape index (κ2) is 7.16. The Kier molecular flexibility index (Phi) is 4.72. The van der Waals surface area contributed by atoms with Crippen molar-refractivity contribution in [3.63, 3.8) is 0 Å². The fourth-order valence-corrected chi connectivity index (χ4v) is 4.20. The average molecular weight is 356 g/mol. The Bertz CT molecular complexity index is 793. The van der Waals surface area contributed by atoms with Gasteiger partial charge in [0, 0.05) is 31.0 Å². The molecule has 0 aliphatic carbocycles. The predicted octanol–water partition coefficient (Wildman–Crippen LogP) is 4.35. The topological polar surface area (TPSA) is 23.6 Å². The van der Waals surface area contributed by atoms with Gasteiger partial charge in [-0.1, -0.05) is 22.7 Å². The molecule has 2 atom stereocenters. The van der Waals surface area contributed by atoms with E-state index in [4.69, 9.17) is 0 Å². The molecule has 0 radical (unpaired) electrons. The number of rotatable bonds is 5. The number of likely N-dealkylation sites (tertiary alicyclic amines) is 1. The number of carbonyl (C=O) groups is 1. The van der Waals surface area contributed by atoms with E-state index in [0.29, 0.717) is 17.7 Å². The van der Waals surface area contributed by atoms with Crippen molar-refractivity contribution in [1.29, 1.82) is 0 Å². The lowest BCUT2D eigenvalue weighted by Crippen LogP contribution is -2.44. The van der Waals surface area contributed by atoms with Crippen LogP contribution in [0.4, 0.5) is 14.6 Å². The number of carbonyl (C=O) groups excluding carboxylic acids is 1. The first-order valence-electron chi connectivity index (χ1n) is 9.18. The maximum Gasteiger partial charge on any atom is 0.162 e. The highest BCUT2D eigenvalue weighted by molar-refractivity contribution is 5.95. The Hall–Kier alpha value is -2.27. The quantitative estimate of drug-likeness (QED) is 0.588. The van der Waals surface area contributed by atoms with E-state index in [9.17, 15) is 13.7 Å². The summed E-state index contributed by atoms with van der Waals surface area (Å²) in [7, 11) is 0. The molecule has 2 unspecified atom stereocenters. The minimum absolute atomic E-state index is 0.0426. The molecule has 1 fully saturated rings.